The van der Waals surface area contributed by atoms with Crippen molar-refractivity contribution in [3.05, 3.63) is 77.4 Å². The molecule has 4 nitrogen and oxygen atoms in total. The second-order valence-electron chi connectivity index (χ2n) is 5.04. The Kier molecular flexibility index (Phi) is 4.25. The Hall–Kier alpha value is -2.53. The zero-order valence-corrected chi connectivity index (χ0v) is 12.1. The minimum Gasteiger partial charge on any atom is -0.325 e. The zero-order valence-electron chi connectivity index (χ0n) is 12.1. The third kappa shape index (κ3) is 2.89. The molecule has 2 aromatic carbocycles. The van der Waals surface area contributed by atoms with Crippen molar-refractivity contribution in [3.8, 4) is 5.69 Å². The molecule has 2 N–H and O–H groups in total. The molecule has 3 rings (SSSR count). The van der Waals surface area contributed by atoms with Crippen LogP contribution in [0.2, 0.25) is 0 Å². The molecule has 0 radical (unpaired) electrons. The first-order valence-corrected chi connectivity index (χ1v) is 7.22. The lowest BCUT2D eigenvalue weighted by Gasteiger charge is -2.08. The summed E-state index contributed by atoms with van der Waals surface area (Å²) in [6.45, 7) is 0.290. The SMILES string of the molecule is NCc1nnn(-c2ccccc2F)c1CCc1ccccc1. The predicted molar refractivity (Wildman–Crippen MR) is 83.1 cm³/mol. The van der Waals surface area contributed by atoms with Crippen molar-refractivity contribution < 1.29 is 4.39 Å². The number of aryl methyl sites for hydroxylation is 1. The lowest BCUT2D eigenvalue weighted by atomic mass is 10.1. The van der Waals surface area contributed by atoms with Gasteiger partial charge in [0.1, 0.15) is 11.5 Å². The van der Waals surface area contributed by atoms with Crippen LogP contribution in [0.1, 0.15) is 17.0 Å². The highest BCUT2D eigenvalue weighted by molar-refractivity contribution is 5.35. The van der Waals surface area contributed by atoms with Crippen molar-refractivity contribution in [1.82, 2.24) is 15.0 Å². The maximum absolute atomic E-state index is 14.0. The maximum atomic E-state index is 14.0. The van der Waals surface area contributed by atoms with Gasteiger partial charge in [-0.1, -0.05) is 47.7 Å². The van der Waals surface area contributed by atoms with Crippen LogP contribution in [-0.4, -0.2) is 15.0 Å². The average Bonchev–Trinajstić information content (AvgIpc) is 2.97. The standard InChI is InChI=1S/C17H17FN4/c18-14-8-4-5-9-16(14)22-17(15(12-19)20-21-22)11-10-13-6-2-1-3-7-13/h1-9H,10-12,19H2. The Balaban J connectivity index is 1.93. The van der Waals surface area contributed by atoms with E-state index >= 15 is 0 Å². The maximum Gasteiger partial charge on any atom is 0.148 e. The molecule has 0 aliphatic heterocycles. The summed E-state index contributed by atoms with van der Waals surface area (Å²) in [4.78, 5) is 0. The molecule has 3 aromatic rings. The van der Waals surface area contributed by atoms with E-state index < -0.39 is 0 Å². The number of halogens is 1. The molecule has 5 heteroatoms. The highest BCUT2D eigenvalue weighted by Gasteiger charge is 2.15. The number of nitrogens with two attached hydrogens (primary N) is 1. The molecule has 0 aliphatic carbocycles. The Morgan fingerprint density at radius 2 is 1.68 bits per heavy atom. The van der Waals surface area contributed by atoms with E-state index in [1.807, 2.05) is 18.2 Å². The molecule has 0 saturated carbocycles. The third-order valence-corrected chi connectivity index (χ3v) is 3.61. The van der Waals surface area contributed by atoms with E-state index in [2.05, 4.69) is 22.4 Å². The summed E-state index contributed by atoms with van der Waals surface area (Å²) in [6.07, 6.45) is 1.54. The lowest BCUT2D eigenvalue weighted by molar-refractivity contribution is 0.601. The minimum atomic E-state index is -0.322. The molecular formula is C17H17FN4. The Morgan fingerprint density at radius 1 is 0.955 bits per heavy atom. The summed E-state index contributed by atoms with van der Waals surface area (Å²) in [7, 11) is 0. The van der Waals surface area contributed by atoms with E-state index in [4.69, 9.17) is 5.73 Å². The van der Waals surface area contributed by atoms with Gasteiger partial charge in [-0.15, -0.1) is 5.10 Å². The van der Waals surface area contributed by atoms with Gasteiger partial charge in [0.15, 0.2) is 0 Å². The molecule has 0 amide bonds. The van der Waals surface area contributed by atoms with Gasteiger partial charge in [0, 0.05) is 6.54 Å². The van der Waals surface area contributed by atoms with Crippen LogP contribution in [0.4, 0.5) is 4.39 Å². The normalized spacial score (nSPS) is 10.8. The summed E-state index contributed by atoms with van der Waals surface area (Å²) < 4.78 is 15.6. The number of para-hydroxylation sites is 1. The van der Waals surface area contributed by atoms with Crippen molar-refractivity contribution in [2.75, 3.05) is 0 Å². The number of rotatable bonds is 5. The Bertz CT molecular complexity index is 752. The quantitative estimate of drug-likeness (QED) is 0.787. The van der Waals surface area contributed by atoms with Crippen LogP contribution in [0.15, 0.2) is 54.6 Å². The smallest absolute Gasteiger partial charge is 0.148 e. The second kappa shape index (κ2) is 6.49. The summed E-state index contributed by atoms with van der Waals surface area (Å²) in [5, 5.41) is 8.16. The summed E-state index contributed by atoms with van der Waals surface area (Å²) in [5.74, 6) is -0.322. The highest BCUT2D eigenvalue weighted by Crippen LogP contribution is 2.18. The van der Waals surface area contributed by atoms with E-state index in [0.29, 0.717) is 24.3 Å². The number of benzene rings is 2. The fraction of sp³-hybridized carbons (Fsp3) is 0.176. The van der Waals surface area contributed by atoms with E-state index in [1.165, 1.54) is 11.6 Å². The number of hydrogen-bond donors (Lipinski definition) is 1. The lowest BCUT2D eigenvalue weighted by Crippen LogP contribution is -2.09. The van der Waals surface area contributed by atoms with Gasteiger partial charge in [0.25, 0.3) is 0 Å². The van der Waals surface area contributed by atoms with Gasteiger partial charge in [-0.05, 0) is 30.5 Å². The first-order valence-electron chi connectivity index (χ1n) is 7.22. The van der Waals surface area contributed by atoms with E-state index in [1.54, 1.807) is 22.9 Å². The van der Waals surface area contributed by atoms with Crippen molar-refractivity contribution in [3.63, 3.8) is 0 Å². The Morgan fingerprint density at radius 3 is 2.41 bits per heavy atom. The van der Waals surface area contributed by atoms with Gasteiger partial charge in [-0.3, -0.25) is 0 Å². The number of hydrogen-bond acceptors (Lipinski definition) is 3. The monoisotopic (exact) mass is 296 g/mol. The van der Waals surface area contributed by atoms with Crippen molar-refractivity contribution in [1.29, 1.82) is 0 Å². The highest BCUT2D eigenvalue weighted by atomic mass is 19.1. The van der Waals surface area contributed by atoms with Gasteiger partial charge >= 0.3 is 0 Å². The zero-order chi connectivity index (χ0) is 15.4. The van der Waals surface area contributed by atoms with E-state index in [0.717, 1.165) is 12.1 Å². The molecule has 0 atom stereocenters. The van der Waals surface area contributed by atoms with E-state index in [9.17, 15) is 4.39 Å². The largest absolute Gasteiger partial charge is 0.325 e. The molecule has 0 aliphatic rings. The van der Waals surface area contributed by atoms with E-state index in [-0.39, 0.29) is 5.82 Å². The second-order valence-corrected chi connectivity index (χ2v) is 5.04. The topological polar surface area (TPSA) is 56.7 Å². The third-order valence-electron chi connectivity index (χ3n) is 3.61. The Labute approximate surface area is 128 Å². The molecule has 22 heavy (non-hydrogen) atoms. The first-order chi connectivity index (χ1) is 10.8. The van der Waals surface area contributed by atoms with Gasteiger partial charge in [0.05, 0.1) is 11.4 Å². The molecule has 0 unspecified atom stereocenters. The van der Waals surface area contributed by atoms with Gasteiger partial charge in [0.2, 0.25) is 0 Å². The summed E-state index contributed by atoms with van der Waals surface area (Å²) >= 11 is 0. The number of nitrogens with zero attached hydrogens (tertiary/aromatic N) is 3. The molecular weight excluding hydrogens is 279 g/mol. The van der Waals surface area contributed by atoms with Crippen LogP contribution in [0.3, 0.4) is 0 Å². The van der Waals surface area contributed by atoms with Crippen LogP contribution in [0, 0.1) is 5.82 Å². The van der Waals surface area contributed by atoms with Crippen molar-refractivity contribution >= 4 is 0 Å². The molecule has 1 aromatic heterocycles. The van der Waals surface area contributed by atoms with Gasteiger partial charge < -0.3 is 5.73 Å². The van der Waals surface area contributed by atoms with Crippen LogP contribution in [0.5, 0.6) is 0 Å². The first kappa shape index (κ1) is 14.4. The minimum absolute atomic E-state index is 0.290. The van der Waals surface area contributed by atoms with Crippen molar-refractivity contribution in [2.24, 2.45) is 5.73 Å². The average molecular weight is 296 g/mol. The van der Waals surface area contributed by atoms with Gasteiger partial charge in [-0.25, -0.2) is 9.07 Å². The predicted octanol–water partition coefficient (Wildman–Crippen LogP) is 2.65. The van der Waals surface area contributed by atoms with Crippen LogP contribution in [0.25, 0.3) is 5.69 Å². The van der Waals surface area contributed by atoms with Crippen LogP contribution >= 0.6 is 0 Å². The molecule has 1 heterocycles. The molecule has 0 saturated heterocycles. The molecule has 112 valence electrons. The molecule has 0 spiro atoms. The molecule has 0 fully saturated rings. The van der Waals surface area contributed by atoms with Gasteiger partial charge in [-0.2, -0.15) is 0 Å². The number of aromatic nitrogens is 3. The van der Waals surface area contributed by atoms with Crippen molar-refractivity contribution in [2.45, 2.75) is 19.4 Å². The fourth-order valence-electron chi connectivity index (χ4n) is 2.47. The van der Waals surface area contributed by atoms with Crippen LogP contribution in [-0.2, 0) is 19.4 Å². The van der Waals surface area contributed by atoms with Crippen LogP contribution < -0.4 is 5.73 Å². The summed E-state index contributed by atoms with van der Waals surface area (Å²) in [5.41, 5.74) is 8.92. The molecule has 0 bridgehead atoms. The summed E-state index contributed by atoms with van der Waals surface area (Å²) in [6, 6.07) is 16.7. The fourth-order valence-corrected chi connectivity index (χ4v) is 2.47.